The monoisotopic (exact) mass is 574 g/mol. The Bertz CT molecular complexity index is 1630. The van der Waals surface area contributed by atoms with Gasteiger partial charge in [0, 0.05) is 32.3 Å². The van der Waals surface area contributed by atoms with E-state index in [-0.39, 0.29) is 38.4 Å². The van der Waals surface area contributed by atoms with E-state index >= 15 is 0 Å². The van der Waals surface area contributed by atoms with Gasteiger partial charge in [0.2, 0.25) is 0 Å². The number of aliphatic carboxylic acids is 2. The number of carboxylic acid groups (broad SMARTS) is 2. The van der Waals surface area contributed by atoms with Gasteiger partial charge < -0.3 is 30.5 Å². The predicted molar refractivity (Wildman–Crippen MR) is 144 cm³/mol. The Morgan fingerprint density at radius 1 is 0.872 bits per heavy atom. The van der Waals surface area contributed by atoms with Crippen molar-refractivity contribution in [1.82, 2.24) is 15.0 Å². The van der Waals surface area contributed by atoms with Gasteiger partial charge in [-0.2, -0.15) is 5.69 Å². The molecule has 2 aliphatic rings. The zero-order valence-electron chi connectivity index (χ0n) is 22.7. The van der Waals surface area contributed by atoms with Crippen LogP contribution < -0.4 is 25.7 Å². The molecule has 0 spiro atoms. The third-order valence-electron chi connectivity index (χ3n) is 7.48. The molecule has 200 valence electrons. The van der Waals surface area contributed by atoms with E-state index < -0.39 is 11.9 Å². The summed E-state index contributed by atoms with van der Waals surface area (Å²) in [7, 11) is 0. The van der Waals surface area contributed by atoms with Crippen LogP contribution >= 0.6 is 0 Å². The van der Waals surface area contributed by atoms with E-state index in [1.165, 1.54) is 0 Å². The summed E-state index contributed by atoms with van der Waals surface area (Å²) in [5.41, 5.74) is 9.75. The molecule has 9 heteroatoms. The number of carbonyl (C=O) groups is 2. The van der Waals surface area contributed by atoms with Crippen LogP contribution in [0.2, 0.25) is 0 Å². The summed E-state index contributed by atoms with van der Waals surface area (Å²) in [6, 6.07) is 3.91. The summed E-state index contributed by atoms with van der Waals surface area (Å²) < 4.78 is 0. The Labute approximate surface area is 239 Å². The first-order chi connectivity index (χ1) is 18.1. The molecule has 2 N–H and O–H groups in total. The molecule has 8 nitrogen and oxygen atoms in total. The van der Waals surface area contributed by atoms with Crippen molar-refractivity contribution in [1.29, 1.82) is 0 Å². The van der Waals surface area contributed by atoms with Crippen LogP contribution in [0, 0.1) is 20.8 Å². The molecule has 5 rings (SSSR count). The topological polar surface area (TPSA) is 131 Å². The maximum atomic E-state index is 11.4. The fraction of sp³-hybridized carbons (Fsp3) is 0.333. The second-order valence-corrected chi connectivity index (χ2v) is 10.2. The number of aromatic nitrogens is 3. The van der Waals surface area contributed by atoms with Crippen LogP contribution in [0.25, 0.3) is 23.5 Å². The smallest absolute Gasteiger partial charge is 0.303 e. The van der Waals surface area contributed by atoms with E-state index in [0.29, 0.717) is 30.7 Å². The Morgan fingerprint density at radius 2 is 1.59 bits per heavy atom. The SMILES string of the molecule is CC1=C(CCC(=O)O)/C2=C/c3[n-]c(c(C)c3CCC(=O)O)/C=c3/cc(C)/c([n-]3)=C/c3cc(C)c([n-]3)C[C@H]1[N-]2.[Zn]. The summed E-state index contributed by atoms with van der Waals surface area (Å²) in [4.78, 5) is 37.4. The molecule has 0 aromatic carbocycles. The summed E-state index contributed by atoms with van der Waals surface area (Å²) in [6.07, 6.45) is 7.10. The number of allylic oxidation sites excluding steroid dienone is 1. The molecular formula is C30H30N4O4Zn-4. The molecule has 3 aromatic rings. The Balaban J connectivity index is 0.00000353. The van der Waals surface area contributed by atoms with E-state index in [1.807, 2.05) is 52.0 Å². The maximum absolute atomic E-state index is 11.4. The van der Waals surface area contributed by atoms with E-state index in [4.69, 9.17) is 20.3 Å². The van der Waals surface area contributed by atoms with E-state index in [1.54, 1.807) is 0 Å². The van der Waals surface area contributed by atoms with Gasteiger partial charge in [-0.05, 0) is 40.5 Å². The summed E-state index contributed by atoms with van der Waals surface area (Å²) in [5.74, 6) is -1.74. The Kier molecular flexibility index (Phi) is 8.21. The molecule has 1 atom stereocenters. The van der Waals surface area contributed by atoms with Crippen LogP contribution in [-0.2, 0) is 41.9 Å². The van der Waals surface area contributed by atoms with Gasteiger partial charge in [-0.1, -0.05) is 76.2 Å². The number of hydrogen-bond donors (Lipinski definition) is 2. The van der Waals surface area contributed by atoms with Crippen molar-refractivity contribution in [2.24, 2.45) is 0 Å². The van der Waals surface area contributed by atoms with Crippen molar-refractivity contribution in [2.75, 3.05) is 0 Å². The van der Waals surface area contributed by atoms with Crippen molar-refractivity contribution < 1.29 is 39.3 Å². The van der Waals surface area contributed by atoms with Gasteiger partial charge in [-0.25, -0.2) is 0 Å². The van der Waals surface area contributed by atoms with E-state index in [2.05, 4.69) is 6.07 Å². The first-order valence-corrected chi connectivity index (χ1v) is 12.8. The van der Waals surface area contributed by atoms with Crippen molar-refractivity contribution in [3.8, 4) is 0 Å². The molecule has 2 aliphatic heterocycles. The van der Waals surface area contributed by atoms with Crippen molar-refractivity contribution in [2.45, 2.75) is 65.8 Å². The number of rotatable bonds is 6. The first kappa shape index (κ1) is 28.4. The molecule has 5 heterocycles. The van der Waals surface area contributed by atoms with E-state index in [0.717, 1.165) is 61.2 Å². The standard InChI is InChI=1S/C30H30N4O4.Zn/c1-15-9-20-12-25-17(3)21(5-7-29(35)36)27(33-25)14-28-22(6-8-30(37)38)18(4)26(34-28)13-24-16(2)10-19(32-24)11-23(15)31-20;/h9-12,14,26H,5-8,13H2,1-4H3,(H,35,36)(H,37,38);/q-4;/b20-12-,23-11-,28-14-;/t26-;/m1./s1. The Morgan fingerprint density at radius 3 is 2.31 bits per heavy atom. The molecule has 0 saturated heterocycles. The average molecular weight is 576 g/mol. The van der Waals surface area contributed by atoms with Gasteiger partial charge in [0.1, 0.15) is 0 Å². The quantitative estimate of drug-likeness (QED) is 0.432. The molecule has 3 aromatic heterocycles. The molecule has 0 amide bonds. The normalized spacial score (nSPS) is 19.2. The van der Waals surface area contributed by atoms with E-state index in [9.17, 15) is 19.8 Å². The molecule has 0 unspecified atom stereocenters. The molecule has 0 radical (unpaired) electrons. The molecule has 39 heavy (non-hydrogen) atoms. The van der Waals surface area contributed by atoms with Gasteiger partial charge in [0.05, 0.1) is 0 Å². The van der Waals surface area contributed by atoms with Crippen LogP contribution in [0.3, 0.4) is 0 Å². The van der Waals surface area contributed by atoms with Crippen molar-refractivity contribution in [3.05, 3.63) is 90.0 Å². The van der Waals surface area contributed by atoms with Crippen LogP contribution in [-0.4, -0.2) is 28.2 Å². The largest absolute Gasteiger partial charge is 0.678 e. The number of aryl methyl sites for hydroxylation is 2. The average Bonchev–Trinajstić information content (AvgIpc) is 3.53. The Hall–Kier alpha value is -3.58. The first-order valence-electron chi connectivity index (χ1n) is 12.8. The zero-order chi connectivity index (χ0) is 27.1. The molecular weight excluding hydrogens is 546 g/mol. The summed E-state index contributed by atoms with van der Waals surface area (Å²) >= 11 is 0. The molecule has 0 fully saturated rings. The molecule has 8 bridgehead atoms. The van der Waals surface area contributed by atoms with Crippen LogP contribution in [0.5, 0.6) is 0 Å². The van der Waals surface area contributed by atoms with Crippen molar-refractivity contribution in [3.63, 3.8) is 0 Å². The van der Waals surface area contributed by atoms with Crippen LogP contribution in [0.1, 0.15) is 71.2 Å². The number of nitrogens with zero attached hydrogens (tertiary/aromatic N) is 4. The third kappa shape index (κ3) is 5.88. The maximum Gasteiger partial charge on any atom is 0.303 e. The van der Waals surface area contributed by atoms with Gasteiger partial charge in [0.15, 0.2) is 0 Å². The van der Waals surface area contributed by atoms with Gasteiger partial charge in [-0.3, -0.25) is 9.59 Å². The fourth-order valence-electron chi connectivity index (χ4n) is 5.29. The molecule has 0 saturated carbocycles. The van der Waals surface area contributed by atoms with Gasteiger partial charge in [0.25, 0.3) is 0 Å². The zero-order valence-corrected chi connectivity index (χ0v) is 25.7. The number of carboxylic acids is 2. The second-order valence-electron chi connectivity index (χ2n) is 10.2. The minimum absolute atomic E-state index is 0. The molecule has 0 aliphatic carbocycles. The number of hydrogen-bond acceptors (Lipinski definition) is 2. The van der Waals surface area contributed by atoms with Gasteiger partial charge in [-0.15, -0.1) is 33.5 Å². The summed E-state index contributed by atoms with van der Waals surface area (Å²) in [6.45, 7) is 8.03. The second kappa shape index (κ2) is 11.3. The fourth-order valence-corrected chi connectivity index (χ4v) is 5.29. The van der Waals surface area contributed by atoms with Crippen molar-refractivity contribution >= 4 is 30.2 Å². The van der Waals surface area contributed by atoms with Crippen LogP contribution in [0.15, 0.2) is 29.0 Å². The minimum atomic E-state index is -0.873. The van der Waals surface area contributed by atoms with Gasteiger partial charge >= 0.3 is 11.9 Å². The third-order valence-corrected chi connectivity index (χ3v) is 7.48. The van der Waals surface area contributed by atoms with Crippen LogP contribution in [0.4, 0.5) is 0 Å². The minimum Gasteiger partial charge on any atom is -0.678 e. The predicted octanol–water partition coefficient (Wildman–Crippen LogP) is 2.99. The summed E-state index contributed by atoms with van der Waals surface area (Å²) in [5, 5.41) is 25.4. The number of fused-ring (bicyclic) bond motifs is 8.